The fourth-order valence-corrected chi connectivity index (χ4v) is 4.21. The molecule has 4 rings (SSSR count). The molecule has 2 aliphatic heterocycles. The van der Waals surface area contributed by atoms with Crippen molar-refractivity contribution in [2.24, 2.45) is 4.99 Å². The predicted octanol–water partition coefficient (Wildman–Crippen LogP) is 2.96. The van der Waals surface area contributed by atoms with Gasteiger partial charge in [0.15, 0.2) is 11.6 Å². The molecule has 1 atom stereocenters. The lowest BCUT2D eigenvalue weighted by atomic mass is 9.94. The SMILES string of the molecule is CN(C)C[C@@H](NC(=O)N1CC2=C(CN=C2Nc2ncncc2F)C1(C)C)c1ccccc1.S. The smallest absolute Gasteiger partial charge is 0.318 e. The second kappa shape index (κ2) is 9.88. The number of rotatable bonds is 5. The fourth-order valence-electron chi connectivity index (χ4n) is 4.21. The lowest BCUT2D eigenvalue weighted by molar-refractivity contribution is 0.165. The maximum absolute atomic E-state index is 14.0. The third-order valence-electron chi connectivity index (χ3n) is 5.97. The number of aliphatic imine (C=N–C) groups is 1. The molecule has 0 saturated carbocycles. The summed E-state index contributed by atoms with van der Waals surface area (Å²) in [6, 6.07) is 9.66. The number of amides is 2. The summed E-state index contributed by atoms with van der Waals surface area (Å²) in [5, 5.41) is 6.17. The molecular formula is C23H30FN7OS. The second-order valence-corrected chi connectivity index (χ2v) is 8.79. The zero-order valence-electron chi connectivity index (χ0n) is 19.3. The summed E-state index contributed by atoms with van der Waals surface area (Å²) < 4.78 is 14.0. The third kappa shape index (κ3) is 5.01. The van der Waals surface area contributed by atoms with E-state index in [1.54, 1.807) is 0 Å². The number of hydrogen-bond donors (Lipinski definition) is 2. The third-order valence-corrected chi connectivity index (χ3v) is 5.97. The normalized spacial score (nSPS) is 17.4. The van der Waals surface area contributed by atoms with Crippen molar-refractivity contribution in [1.82, 2.24) is 25.1 Å². The minimum Gasteiger partial charge on any atom is -0.330 e. The number of carbonyl (C=O) groups excluding carboxylic acids is 1. The second-order valence-electron chi connectivity index (χ2n) is 8.79. The van der Waals surface area contributed by atoms with Gasteiger partial charge in [-0.2, -0.15) is 13.5 Å². The molecule has 0 unspecified atom stereocenters. The highest BCUT2D eigenvalue weighted by atomic mass is 32.1. The molecule has 0 radical (unpaired) electrons. The van der Waals surface area contributed by atoms with E-state index in [9.17, 15) is 9.18 Å². The van der Waals surface area contributed by atoms with Gasteiger partial charge in [-0.15, -0.1) is 0 Å². The molecule has 0 spiro atoms. The Hall–Kier alpha value is -2.98. The summed E-state index contributed by atoms with van der Waals surface area (Å²) in [5.74, 6) is 0.0719. The Balaban J connectivity index is 0.00000306. The number of benzene rings is 1. The molecule has 2 aliphatic rings. The molecular weight excluding hydrogens is 441 g/mol. The van der Waals surface area contributed by atoms with Crippen LogP contribution in [0.5, 0.6) is 0 Å². The summed E-state index contributed by atoms with van der Waals surface area (Å²) >= 11 is 0. The average Bonchev–Trinajstić information content (AvgIpc) is 3.27. The largest absolute Gasteiger partial charge is 0.330 e. The van der Waals surface area contributed by atoms with E-state index >= 15 is 0 Å². The molecule has 0 aliphatic carbocycles. The number of halogens is 1. The molecule has 33 heavy (non-hydrogen) atoms. The topological polar surface area (TPSA) is 85.8 Å². The van der Waals surface area contributed by atoms with Gasteiger partial charge in [-0.3, -0.25) is 4.99 Å². The number of anilines is 1. The van der Waals surface area contributed by atoms with Gasteiger partial charge in [0.1, 0.15) is 12.2 Å². The molecule has 0 fully saturated rings. The molecule has 10 heteroatoms. The molecule has 3 heterocycles. The molecule has 1 aromatic heterocycles. The van der Waals surface area contributed by atoms with E-state index in [0.717, 1.165) is 22.9 Å². The van der Waals surface area contributed by atoms with E-state index in [1.807, 2.05) is 63.2 Å². The van der Waals surface area contributed by atoms with Crippen molar-refractivity contribution in [3.63, 3.8) is 0 Å². The number of aromatic nitrogens is 2. The number of amidine groups is 1. The van der Waals surface area contributed by atoms with Gasteiger partial charge < -0.3 is 20.4 Å². The van der Waals surface area contributed by atoms with Crippen LogP contribution in [0.4, 0.5) is 15.0 Å². The Bertz CT molecular complexity index is 1070. The first-order valence-electron chi connectivity index (χ1n) is 10.5. The van der Waals surface area contributed by atoms with Crippen LogP contribution < -0.4 is 10.6 Å². The molecule has 2 N–H and O–H groups in total. The van der Waals surface area contributed by atoms with Crippen molar-refractivity contribution in [2.75, 3.05) is 39.0 Å². The van der Waals surface area contributed by atoms with E-state index in [-0.39, 0.29) is 31.4 Å². The van der Waals surface area contributed by atoms with Gasteiger partial charge in [-0.1, -0.05) is 30.3 Å². The van der Waals surface area contributed by atoms with Gasteiger partial charge in [-0.25, -0.2) is 19.2 Å². The molecule has 0 bridgehead atoms. The monoisotopic (exact) mass is 471 g/mol. The van der Waals surface area contributed by atoms with Crippen LogP contribution in [0.3, 0.4) is 0 Å². The number of nitrogens with zero attached hydrogens (tertiary/aromatic N) is 5. The summed E-state index contributed by atoms with van der Waals surface area (Å²) in [7, 11) is 3.97. The highest BCUT2D eigenvalue weighted by molar-refractivity contribution is 7.59. The van der Waals surface area contributed by atoms with E-state index in [0.29, 0.717) is 25.5 Å². The Morgan fingerprint density at radius 3 is 2.67 bits per heavy atom. The fraction of sp³-hybridized carbons (Fsp3) is 0.391. The lowest BCUT2D eigenvalue weighted by Gasteiger charge is -2.36. The van der Waals surface area contributed by atoms with Crippen molar-refractivity contribution >= 4 is 31.2 Å². The summed E-state index contributed by atoms with van der Waals surface area (Å²) in [6.45, 7) is 5.56. The van der Waals surface area contributed by atoms with Crippen molar-refractivity contribution in [2.45, 2.75) is 25.4 Å². The molecule has 8 nitrogen and oxygen atoms in total. The average molecular weight is 472 g/mol. The lowest BCUT2D eigenvalue weighted by Crippen LogP contribution is -2.52. The molecule has 1 aromatic carbocycles. The zero-order chi connectivity index (χ0) is 22.9. The van der Waals surface area contributed by atoms with Gasteiger partial charge >= 0.3 is 6.03 Å². The van der Waals surface area contributed by atoms with Gasteiger partial charge in [0.25, 0.3) is 0 Å². The van der Waals surface area contributed by atoms with Crippen LogP contribution in [0.25, 0.3) is 0 Å². The molecule has 176 valence electrons. The summed E-state index contributed by atoms with van der Waals surface area (Å²) in [6.07, 6.45) is 2.38. The first-order chi connectivity index (χ1) is 15.3. The Morgan fingerprint density at radius 2 is 2.00 bits per heavy atom. The first kappa shape index (κ1) is 24.7. The van der Waals surface area contributed by atoms with Crippen LogP contribution in [-0.4, -0.2) is 70.9 Å². The standard InChI is InChI=1S/C23H28FN7O.H2S/c1-23(2)17-10-26-20(29-21-18(24)11-25-14-27-21)16(17)12-31(23)22(32)28-19(13-30(3)4)15-8-6-5-7-9-15;/h5-9,11,14,19H,10,12-13H2,1-4H3,(H,28,32)(H,25,26,27,29);1H2/t19-;/m1./s1. The number of nitrogens with one attached hydrogen (secondary N) is 2. The quantitative estimate of drug-likeness (QED) is 0.700. The predicted molar refractivity (Wildman–Crippen MR) is 132 cm³/mol. The van der Waals surface area contributed by atoms with E-state index in [4.69, 9.17) is 0 Å². The van der Waals surface area contributed by atoms with Crippen molar-refractivity contribution in [3.05, 3.63) is 65.4 Å². The maximum Gasteiger partial charge on any atom is 0.318 e. The Labute approximate surface area is 200 Å². The van der Waals surface area contributed by atoms with Crippen LogP contribution in [0, 0.1) is 5.82 Å². The van der Waals surface area contributed by atoms with Crippen molar-refractivity contribution in [3.8, 4) is 0 Å². The molecule has 2 amide bonds. The van der Waals surface area contributed by atoms with Crippen LogP contribution in [-0.2, 0) is 0 Å². The van der Waals surface area contributed by atoms with Crippen LogP contribution >= 0.6 is 13.5 Å². The first-order valence-corrected chi connectivity index (χ1v) is 10.5. The van der Waals surface area contributed by atoms with Crippen molar-refractivity contribution in [1.29, 1.82) is 0 Å². The number of hydrogen-bond acceptors (Lipinski definition) is 6. The van der Waals surface area contributed by atoms with Crippen LogP contribution in [0.2, 0.25) is 0 Å². The highest BCUT2D eigenvalue weighted by Crippen LogP contribution is 2.38. The maximum atomic E-state index is 14.0. The van der Waals surface area contributed by atoms with Crippen LogP contribution in [0.15, 0.2) is 59.0 Å². The summed E-state index contributed by atoms with van der Waals surface area (Å²) in [4.78, 5) is 29.4. The van der Waals surface area contributed by atoms with Crippen molar-refractivity contribution < 1.29 is 9.18 Å². The summed E-state index contributed by atoms with van der Waals surface area (Å²) in [5.41, 5.74) is 2.49. The Morgan fingerprint density at radius 1 is 1.27 bits per heavy atom. The van der Waals surface area contributed by atoms with E-state index in [1.165, 1.54) is 6.33 Å². The van der Waals surface area contributed by atoms with E-state index < -0.39 is 11.4 Å². The van der Waals surface area contributed by atoms with Gasteiger partial charge in [0.2, 0.25) is 0 Å². The molecule has 2 aromatic rings. The number of urea groups is 1. The van der Waals surface area contributed by atoms with Gasteiger partial charge in [-0.05, 0) is 39.1 Å². The van der Waals surface area contributed by atoms with E-state index in [2.05, 4.69) is 30.5 Å². The number of likely N-dealkylation sites (N-methyl/N-ethyl adjacent to an activating group) is 1. The highest BCUT2D eigenvalue weighted by Gasteiger charge is 2.45. The minimum atomic E-state index is -0.550. The Kier molecular flexibility index (Phi) is 7.38. The minimum absolute atomic E-state index is 0. The van der Waals surface area contributed by atoms with Gasteiger partial charge in [0, 0.05) is 12.1 Å². The zero-order valence-corrected chi connectivity index (χ0v) is 20.3. The number of carbonyl (C=O) groups is 1. The molecule has 0 saturated heterocycles. The van der Waals surface area contributed by atoms with Crippen LogP contribution in [0.1, 0.15) is 25.5 Å². The van der Waals surface area contributed by atoms with Gasteiger partial charge in [0.05, 0.1) is 30.9 Å².